The van der Waals surface area contributed by atoms with Gasteiger partial charge in [0.25, 0.3) is 0 Å². The highest BCUT2D eigenvalue weighted by molar-refractivity contribution is 5.74. The lowest BCUT2D eigenvalue weighted by atomic mass is 9.74. The Morgan fingerprint density at radius 3 is 2.47 bits per heavy atom. The minimum absolute atomic E-state index is 0.0227. The molecule has 3 nitrogen and oxygen atoms in total. The van der Waals surface area contributed by atoms with Crippen molar-refractivity contribution >= 4 is 5.97 Å². The highest BCUT2D eigenvalue weighted by atomic mass is 16.6. The average Bonchev–Trinajstić information content (AvgIpc) is 1.99. The average molecular weight is 213 g/mol. The smallest absolute Gasteiger partial charge is 0.311 e. The van der Waals surface area contributed by atoms with Crippen LogP contribution < -0.4 is 5.32 Å². The first-order valence-corrected chi connectivity index (χ1v) is 5.66. The molecule has 1 aliphatic heterocycles. The molecule has 1 aliphatic rings. The summed E-state index contributed by atoms with van der Waals surface area (Å²) in [5, 5.41) is 3.26. The van der Waals surface area contributed by atoms with Crippen molar-refractivity contribution < 1.29 is 9.53 Å². The van der Waals surface area contributed by atoms with Crippen molar-refractivity contribution in [2.75, 3.05) is 13.1 Å². The van der Waals surface area contributed by atoms with Crippen molar-refractivity contribution in [3.8, 4) is 0 Å². The van der Waals surface area contributed by atoms with Crippen LogP contribution in [0.5, 0.6) is 0 Å². The molecule has 0 aromatic rings. The second kappa shape index (κ2) is 4.12. The molecule has 1 atom stereocenters. The van der Waals surface area contributed by atoms with Gasteiger partial charge in [-0.1, -0.05) is 13.8 Å². The molecule has 1 fully saturated rings. The Morgan fingerprint density at radius 1 is 1.40 bits per heavy atom. The first kappa shape index (κ1) is 12.5. The lowest BCUT2D eigenvalue weighted by Gasteiger charge is -2.38. The molecule has 15 heavy (non-hydrogen) atoms. The predicted octanol–water partition coefficient (Wildman–Crippen LogP) is 1.96. The Bertz CT molecular complexity index is 240. The molecule has 1 unspecified atom stereocenters. The van der Waals surface area contributed by atoms with Crippen LogP contribution in [0.3, 0.4) is 0 Å². The molecule has 1 rings (SSSR count). The molecule has 0 aromatic carbocycles. The summed E-state index contributed by atoms with van der Waals surface area (Å²) in [5.41, 5.74) is -0.335. The third-order valence-electron chi connectivity index (χ3n) is 2.93. The highest BCUT2D eigenvalue weighted by Gasteiger charge is 2.39. The highest BCUT2D eigenvalue weighted by Crippen LogP contribution is 2.34. The Morgan fingerprint density at radius 2 is 2.00 bits per heavy atom. The maximum Gasteiger partial charge on any atom is 0.311 e. The molecular formula is C12H23NO2. The van der Waals surface area contributed by atoms with E-state index in [1.54, 1.807) is 0 Å². The number of carbonyl (C=O) groups excluding carboxylic acids is 1. The van der Waals surface area contributed by atoms with Crippen LogP contribution in [0.15, 0.2) is 0 Å². The molecule has 1 saturated heterocycles. The van der Waals surface area contributed by atoms with Gasteiger partial charge >= 0.3 is 5.97 Å². The van der Waals surface area contributed by atoms with E-state index in [1.165, 1.54) is 0 Å². The lowest BCUT2D eigenvalue weighted by Crippen LogP contribution is -2.47. The maximum atomic E-state index is 12.0. The number of piperidine rings is 1. The zero-order valence-corrected chi connectivity index (χ0v) is 10.5. The van der Waals surface area contributed by atoms with Gasteiger partial charge in [-0.3, -0.25) is 4.79 Å². The fourth-order valence-electron chi connectivity index (χ4n) is 1.88. The summed E-state index contributed by atoms with van der Waals surface area (Å²) in [7, 11) is 0. The van der Waals surface area contributed by atoms with Gasteiger partial charge in [0.05, 0.1) is 5.92 Å². The van der Waals surface area contributed by atoms with Crippen LogP contribution in [0.2, 0.25) is 0 Å². The maximum absolute atomic E-state index is 12.0. The number of rotatable bonds is 1. The summed E-state index contributed by atoms with van der Waals surface area (Å²) < 4.78 is 5.43. The van der Waals surface area contributed by atoms with Crippen LogP contribution in [0, 0.1) is 11.3 Å². The Labute approximate surface area is 92.6 Å². The number of hydrogen-bond donors (Lipinski definition) is 1. The minimum Gasteiger partial charge on any atom is -0.460 e. The monoisotopic (exact) mass is 213 g/mol. The van der Waals surface area contributed by atoms with Crippen molar-refractivity contribution in [1.82, 2.24) is 5.32 Å². The lowest BCUT2D eigenvalue weighted by molar-refractivity contribution is -0.165. The van der Waals surface area contributed by atoms with Crippen LogP contribution in [0.1, 0.15) is 41.0 Å². The van der Waals surface area contributed by atoms with Gasteiger partial charge in [0.1, 0.15) is 5.60 Å². The van der Waals surface area contributed by atoms with E-state index in [0.717, 1.165) is 19.5 Å². The third kappa shape index (κ3) is 3.49. The molecule has 88 valence electrons. The molecular weight excluding hydrogens is 190 g/mol. The normalized spacial score (nSPS) is 26.1. The first-order chi connectivity index (χ1) is 6.72. The summed E-state index contributed by atoms with van der Waals surface area (Å²) in [6.45, 7) is 11.7. The molecule has 0 saturated carbocycles. The van der Waals surface area contributed by atoms with Crippen LogP contribution in [-0.2, 0) is 9.53 Å². The molecule has 0 radical (unpaired) electrons. The quantitative estimate of drug-likeness (QED) is 0.677. The van der Waals surface area contributed by atoms with Crippen LogP contribution in [0.4, 0.5) is 0 Å². The Balaban J connectivity index is 2.65. The van der Waals surface area contributed by atoms with Crippen molar-refractivity contribution in [1.29, 1.82) is 0 Å². The predicted molar refractivity (Wildman–Crippen MR) is 60.6 cm³/mol. The summed E-state index contributed by atoms with van der Waals surface area (Å²) in [4.78, 5) is 12.0. The van der Waals surface area contributed by atoms with Crippen molar-refractivity contribution in [3.63, 3.8) is 0 Å². The van der Waals surface area contributed by atoms with Crippen molar-refractivity contribution in [2.24, 2.45) is 11.3 Å². The van der Waals surface area contributed by atoms with Gasteiger partial charge in [-0.15, -0.1) is 0 Å². The molecule has 1 heterocycles. The number of nitrogens with one attached hydrogen (secondary N) is 1. The number of esters is 1. The zero-order chi connectivity index (χ0) is 11.7. The van der Waals surface area contributed by atoms with Crippen molar-refractivity contribution in [3.05, 3.63) is 0 Å². The Hall–Kier alpha value is -0.570. The van der Waals surface area contributed by atoms with E-state index in [4.69, 9.17) is 4.74 Å². The topological polar surface area (TPSA) is 38.3 Å². The van der Waals surface area contributed by atoms with E-state index >= 15 is 0 Å². The number of carbonyl (C=O) groups is 1. The number of hydrogen-bond acceptors (Lipinski definition) is 3. The van der Waals surface area contributed by atoms with Gasteiger partial charge in [-0.25, -0.2) is 0 Å². The molecule has 0 spiro atoms. The van der Waals surface area contributed by atoms with E-state index < -0.39 is 0 Å². The molecule has 1 N–H and O–H groups in total. The third-order valence-corrected chi connectivity index (χ3v) is 2.93. The standard InChI is InChI=1S/C12H23NO2/c1-11(2,3)15-10(14)9-8-13-7-6-12(9,4)5/h9,13H,6-8H2,1-5H3. The molecule has 0 aliphatic carbocycles. The zero-order valence-electron chi connectivity index (χ0n) is 10.5. The largest absolute Gasteiger partial charge is 0.460 e. The van der Waals surface area contributed by atoms with Gasteiger partial charge in [0.2, 0.25) is 0 Å². The van der Waals surface area contributed by atoms with E-state index in [-0.39, 0.29) is 22.9 Å². The fraction of sp³-hybridized carbons (Fsp3) is 0.917. The van der Waals surface area contributed by atoms with Gasteiger partial charge in [0.15, 0.2) is 0 Å². The summed E-state index contributed by atoms with van der Waals surface area (Å²) in [6, 6.07) is 0. The van der Waals surface area contributed by atoms with Gasteiger partial charge in [-0.05, 0) is 39.2 Å². The van der Waals surface area contributed by atoms with Crippen LogP contribution in [-0.4, -0.2) is 24.7 Å². The van der Waals surface area contributed by atoms with E-state index in [9.17, 15) is 4.79 Å². The molecule has 0 amide bonds. The number of ether oxygens (including phenoxy) is 1. The van der Waals surface area contributed by atoms with Crippen molar-refractivity contribution in [2.45, 2.75) is 46.6 Å². The molecule has 0 bridgehead atoms. The molecule has 0 aromatic heterocycles. The molecule has 3 heteroatoms. The van der Waals surface area contributed by atoms with E-state index in [2.05, 4.69) is 19.2 Å². The summed E-state index contributed by atoms with van der Waals surface area (Å²) >= 11 is 0. The van der Waals surface area contributed by atoms with Crippen LogP contribution >= 0.6 is 0 Å². The van der Waals surface area contributed by atoms with Crippen LogP contribution in [0.25, 0.3) is 0 Å². The second-order valence-corrected chi connectivity index (χ2v) is 6.03. The minimum atomic E-state index is -0.384. The van der Waals surface area contributed by atoms with E-state index in [1.807, 2.05) is 20.8 Å². The fourth-order valence-corrected chi connectivity index (χ4v) is 1.88. The second-order valence-electron chi connectivity index (χ2n) is 6.03. The van der Waals surface area contributed by atoms with Gasteiger partial charge < -0.3 is 10.1 Å². The SMILES string of the molecule is CC(C)(C)OC(=O)C1CNCCC1(C)C. The summed E-state index contributed by atoms with van der Waals surface area (Å²) in [6.07, 6.45) is 1.02. The first-order valence-electron chi connectivity index (χ1n) is 5.66. The van der Waals surface area contributed by atoms with E-state index in [0.29, 0.717) is 0 Å². The van der Waals surface area contributed by atoms with Gasteiger partial charge in [-0.2, -0.15) is 0 Å². The Kier molecular flexibility index (Phi) is 3.44. The summed E-state index contributed by atoms with van der Waals surface area (Å²) in [5.74, 6) is -0.0924. The van der Waals surface area contributed by atoms with Gasteiger partial charge in [0, 0.05) is 6.54 Å².